The van der Waals surface area contributed by atoms with E-state index in [0.29, 0.717) is 12.1 Å². The van der Waals surface area contributed by atoms with Gasteiger partial charge in [-0.2, -0.15) is 0 Å². The van der Waals surface area contributed by atoms with Crippen LogP contribution in [-0.2, 0) is 4.79 Å². The zero-order chi connectivity index (χ0) is 13.7. The molecule has 0 aromatic heterocycles. The Labute approximate surface area is 110 Å². The lowest BCUT2D eigenvalue weighted by Crippen LogP contribution is -2.35. The van der Waals surface area contributed by atoms with Crippen molar-refractivity contribution in [1.29, 1.82) is 0 Å². The minimum atomic E-state index is -0.611. The summed E-state index contributed by atoms with van der Waals surface area (Å²) in [6.45, 7) is 1.95. The third-order valence-corrected chi connectivity index (χ3v) is 2.75. The topological polar surface area (TPSA) is 98.2 Å². The van der Waals surface area contributed by atoms with E-state index in [1.807, 2.05) is 6.92 Å². The van der Waals surface area contributed by atoms with E-state index >= 15 is 0 Å². The number of carbonyl (C=O) groups is 2. The van der Waals surface area contributed by atoms with Gasteiger partial charge in [-0.3, -0.25) is 9.59 Å². The van der Waals surface area contributed by atoms with Gasteiger partial charge in [-0.15, -0.1) is 0 Å². The molecule has 18 heavy (non-hydrogen) atoms. The Morgan fingerprint density at radius 3 is 2.61 bits per heavy atom. The van der Waals surface area contributed by atoms with Crippen LogP contribution in [0.4, 0.5) is 5.69 Å². The van der Waals surface area contributed by atoms with Gasteiger partial charge in [0.2, 0.25) is 11.8 Å². The van der Waals surface area contributed by atoms with Gasteiger partial charge >= 0.3 is 0 Å². The molecule has 0 radical (unpaired) electrons. The molecule has 0 heterocycles. The van der Waals surface area contributed by atoms with E-state index < -0.39 is 11.9 Å². The number of nitrogens with two attached hydrogens (primary N) is 2. The SMILES string of the molecule is CCC[C@@H](N)C(=O)Nc1ccc(C(N)=O)c(Cl)c1. The van der Waals surface area contributed by atoms with E-state index in [0.717, 1.165) is 6.42 Å². The molecule has 1 atom stereocenters. The first-order valence-electron chi connectivity index (χ1n) is 5.61. The fraction of sp³-hybridized carbons (Fsp3) is 0.333. The number of rotatable bonds is 5. The first kappa shape index (κ1) is 14.5. The molecule has 0 aliphatic heterocycles. The molecule has 2 amide bonds. The summed E-state index contributed by atoms with van der Waals surface area (Å²) in [5.74, 6) is -0.889. The first-order valence-corrected chi connectivity index (χ1v) is 5.99. The summed E-state index contributed by atoms with van der Waals surface area (Å²) in [5, 5.41) is 2.83. The summed E-state index contributed by atoms with van der Waals surface area (Å²) in [5.41, 5.74) is 11.5. The number of hydrogen-bond donors (Lipinski definition) is 3. The van der Waals surface area contributed by atoms with Gasteiger partial charge in [-0.25, -0.2) is 0 Å². The van der Waals surface area contributed by atoms with Crippen LogP contribution in [0.15, 0.2) is 18.2 Å². The van der Waals surface area contributed by atoms with Crippen LogP contribution in [0.3, 0.4) is 0 Å². The monoisotopic (exact) mass is 269 g/mol. The lowest BCUT2D eigenvalue weighted by molar-refractivity contribution is -0.117. The molecule has 0 bridgehead atoms. The van der Waals surface area contributed by atoms with Crippen LogP contribution in [0.1, 0.15) is 30.1 Å². The molecule has 1 aromatic carbocycles. The Hall–Kier alpha value is -1.59. The zero-order valence-corrected chi connectivity index (χ0v) is 10.8. The average molecular weight is 270 g/mol. The van der Waals surface area contributed by atoms with Crippen LogP contribution in [0.5, 0.6) is 0 Å². The van der Waals surface area contributed by atoms with E-state index in [-0.39, 0.29) is 16.5 Å². The Morgan fingerprint density at radius 1 is 1.44 bits per heavy atom. The third kappa shape index (κ3) is 3.72. The molecule has 0 saturated carbocycles. The maximum absolute atomic E-state index is 11.7. The van der Waals surface area contributed by atoms with E-state index in [4.69, 9.17) is 23.1 Å². The average Bonchev–Trinajstić information content (AvgIpc) is 2.28. The number of hydrogen-bond acceptors (Lipinski definition) is 3. The van der Waals surface area contributed by atoms with Crippen molar-refractivity contribution in [3.63, 3.8) is 0 Å². The van der Waals surface area contributed by atoms with Gasteiger partial charge in [-0.05, 0) is 24.6 Å². The number of amides is 2. The highest BCUT2D eigenvalue weighted by molar-refractivity contribution is 6.34. The summed E-state index contributed by atoms with van der Waals surface area (Å²) in [6, 6.07) is 3.94. The first-order chi connectivity index (χ1) is 8.45. The maximum Gasteiger partial charge on any atom is 0.250 e. The molecule has 0 spiro atoms. The number of primary amides is 1. The van der Waals surface area contributed by atoms with Gasteiger partial charge in [0.25, 0.3) is 0 Å². The van der Waals surface area contributed by atoms with Gasteiger partial charge < -0.3 is 16.8 Å². The summed E-state index contributed by atoms with van der Waals surface area (Å²) in [6.07, 6.45) is 1.44. The molecular formula is C12H16ClN3O2. The van der Waals surface area contributed by atoms with E-state index in [1.54, 1.807) is 6.07 Å². The fourth-order valence-electron chi connectivity index (χ4n) is 1.47. The van der Waals surface area contributed by atoms with Crippen LogP contribution in [-0.4, -0.2) is 17.9 Å². The zero-order valence-electron chi connectivity index (χ0n) is 10.1. The molecule has 0 saturated heterocycles. The largest absolute Gasteiger partial charge is 0.366 e. The van der Waals surface area contributed by atoms with Gasteiger partial charge in [-0.1, -0.05) is 24.9 Å². The van der Waals surface area contributed by atoms with Crippen molar-refractivity contribution < 1.29 is 9.59 Å². The van der Waals surface area contributed by atoms with Crippen LogP contribution in [0.2, 0.25) is 5.02 Å². The van der Waals surface area contributed by atoms with Gasteiger partial charge in [0, 0.05) is 5.69 Å². The maximum atomic E-state index is 11.7. The second-order valence-electron chi connectivity index (χ2n) is 3.94. The number of anilines is 1. The highest BCUT2D eigenvalue weighted by atomic mass is 35.5. The lowest BCUT2D eigenvalue weighted by Gasteiger charge is -2.11. The molecule has 98 valence electrons. The van der Waals surface area contributed by atoms with Crippen molar-refractivity contribution in [2.24, 2.45) is 11.5 Å². The molecule has 5 nitrogen and oxygen atoms in total. The van der Waals surface area contributed by atoms with E-state index in [9.17, 15) is 9.59 Å². The number of halogens is 1. The van der Waals surface area contributed by atoms with Crippen molar-refractivity contribution in [1.82, 2.24) is 0 Å². The molecule has 0 aliphatic carbocycles. The fourth-order valence-corrected chi connectivity index (χ4v) is 1.74. The van der Waals surface area contributed by atoms with E-state index in [2.05, 4.69) is 5.32 Å². The van der Waals surface area contributed by atoms with Crippen molar-refractivity contribution in [2.75, 3.05) is 5.32 Å². The number of benzene rings is 1. The Kier molecular flexibility index (Phi) is 5.12. The highest BCUT2D eigenvalue weighted by Gasteiger charge is 2.13. The molecule has 0 unspecified atom stereocenters. The molecule has 6 heteroatoms. The molecule has 1 aromatic rings. The number of carbonyl (C=O) groups excluding carboxylic acids is 2. The van der Waals surface area contributed by atoms with Gasteiger partial charge in [0.05, 0.1) is 16.6 Å². The Balaban J connectivity index is 2.77. The van der Waals surface area contributed by atoms with Crippen LogP contribution < -0.4 is 16.8 Å². The van der Waals surface area contributed by atoms with Crippen molar-refractivity contribution >= 4 is 29.1 Å². The minimum absolute atomic E-state index is 0.198. The second kappa shape index (κ2) is 6.37. The second-order valence-corrected chi connectivity index (χ2v) is 4.35. The molecule has 0 fully saturated rings. The molecule has 1 rings (SSSR count). The summed E-state index contributed by atoms with van der Waals surface area (Å²) in [7, 11) is 0. The molecule has 0 aliphatic rings. The van der Waals surface area contributed by atoms with Crippen LogP contribution in [0, 0.1) is 0 Å². The van der Waals surface area contributed by atoms with Crippen molar-refractivity contribution in [3.05, 3.63) is 28.8 Å². The van der Waals surface area contributed by atoms with Gasteiger partial charge in [0.15, 0.2) is 0 Å². The third-order valence-electron chi connectivity index (χ3n) is 2.44. The van der Waals surface area contributed by atoms with Crippen LogP contribution >= 0.6 is 11.6 Å². The van der Waals surface area contributed by atoms with Crippen LogP contribution in [0.25, 0.3) is 0 Å². The minimum Gasteiger partial charge on any atom is -0.366 e. The Morgan fingerprint density at radius 2 is 2.11 bits per heavy atom. The van der Waals surface area contributed by atoms with Gasteiger partial charge in [0.1, 0.15) is 0 Å². The predicted octanol–water partition coefficient (Wildman–Crippen LogP) is 1.50. The normalized spacial score (nSPS) is 11.9. The summed E-state index contributed by atoms with van der Waals surface area (Å²) >= 11 is 5.87. The Bertz CT molecular complexity index is 463. The summed E-state index contributed by atoms with van der Waals surface area (Å²) in [4.78, 5) is 22.6. The molecular weight excluding hydrogens is 254 g/mol. The lowest BCUT2D eigenvalue weighted by atomic mass is 10.1. The predicted molar refractivity (Wildman–Crippen MR) is 71.5 cm³/mol. The standard InChI is InChI=1S/C12H16ClN3O2/c1-2-3-10(14)12(18)16-7-4-5-8(11(15)17)9(13)6-7/h4-6,10H,2-3,14H2,1H3,(H2,15,17)(H,16,18)/t10-/m1/s1. The van der Waals surface area contributed by atoms with Crippen molar-refractivity contribution in [3.8, 4) is 0 Å². The highest BCUT2D eigenvalue weighted by Crippen LogP contribution is 2.20. The number of nitrogens with one attached hydrogen (secondary N) is 1. The summed E-state index contributed by atoms with van der Waals surface area (Å²) < 4.78 is 0. The van der Waals surface area contributed by atoms with E-state index in [1.165, 1.54) is 12.1 Å². The smallest absolute Gasteiger partial charge is 0.250 e. The molecule has 5 N–H and O–H groups in total. The van der Waals surface area contributed by atoms with Crippen molar-refractivity contribution in [2.45, 2.75) is 25.8 Å². The quantitative estimate of drug-likeness (QED) is 0.755.